The standard InChI is InChI=1S/C21H17NO3/c23-21-22(14-17-10-4-6-12-19(17)25-21)18-11-5-7-13-20(18)24-15-16-8-2-1-3-9-16/h1-13H,14-15H2. The van der Waals surface area contributed by atoms with Crippen LogP contribution in [0.25, 0.3) is 0 Å². The van der Waals surface area contributed by atoms with E-state index in [0.717, 1.165) is 11.1 Å². The molecule has 4 heteroatoms. The van der Waals surface area contributed by atoms with Gasteiger partial charge in [-0.05, 0) is 23.8 Å². The zero-order chi connectivity index (χ0) is 17.1. The Balaban J connectivity index is 1.59. The van der Waals surface area contributed by atoms with Crippen LogP contribution in [0.3, 0.4) is 0 Å². The van der Waals surface area contributed by atoms with Crippen molar-refractivity contribution in [2.75, 3.05) is 4.90 Å². The summed E-state index contributed by atoms with van der Waals surface area (Å²) in [6.45, 7) is 0.901. The van der Waals surface area contributed by atoms with Gasteiger partial charge < -0.3 is 9.47 Å². The molecule has 1 amide bonds. The zero-order valence-corrected chi connectivity index (χ0v) is 13.6. The molecule has 0 bridgehead atoms. The lowest BCUT2D eigenvalue weighted by Gasteiger charge is -2.29. The van der Waals surface area contributed by atoms with Gasteiger partial charge in [0.15, 0.2) is 0 Å². The van der Waals surface area contributed by atoms with Crippen LogP contribution in [0.2, 0.25) is 0 Å². The van der Waals surface area contributed by atoms with Gasteiger partial charge in [-0.1, -0.05) is 60.7 Å². The third kappa shape index (κ3) is 3.19. The number of rotatable bonds is 4. The summed E-state index contributed by atoms with van der Waals surface area (Å²) in [5.74, 6) is 1.27. The fraction of sp³-hybridized carbons (Fsp3) is 0.0952. The quantitative estimate of drug-likeness (QED) is 0.690. The third-order valence-corrected chi connectivity index (χ3v) is 4.11. The molecule has 0 atom stereocenters. The van der Waals surface area contributed by atoms with Crippen molar-refractivity contribution >= 4 is 11.8 Å². The minimum atomic E-state index is -0.394. The summed E-state index contributed by atoms with van der Waals surface area (Å²) in [6.07, 6.45) is -0.394. The second-order valence-corrected chi connectivity index (χ2v) is 5.80. The number of benzene rings is 3. The summed E-state index contributed by atoms with van der Waals surface area (Å²) in [5.41, 5.74) is 2.75. The van der Waals surface area contributed by atoms with Crippen LogP contribution in [0.5, 0.6) is 11.5 Å². The van der Waals surface area contributed by atoms with Gasteiger partial charge >= 0.3 is 6.09 Å². The van der Waals surface area contributed by atoms with E-state index in [1.807, 2.05) is 78.9 Å². The Labute approximate surface area is 146 Å². The molecular weight excluding hydrogens is 314 g/mol. The molecule has 0 spiro atoms. The molecule has 3 aromatic carbocycles. The lowest BCUT2D eigenvalue weighted by atomic mass is 10.1. The van der Waals surface area contributed by atoms with Gasteiger partial charge in [0.25, 0.3) is 0 Å². The number of ether oxygens (including phenoxy) is 2. The molecular formula is C21H17NO3. The van der Waals surface area contributed by atoms with Gasteiger partial charge in [-0.15, -0.1) is 0 Å². The topological polar surface area (TPSA) is 38.8 Å². The van der Waals surface area contributed by atoms with Crippen molar-refractivity contribution < 1.29 is 14.3 Å². The van der Waals surface area contributed by atoms with Crippen molar-refractivity contribution in [2.45, 2.75) is 13.2 Å². The second-order valence-electron chi connectivity index (χ2n) is 5.80. The highest BCUT2D eigenvalue weighted by Gasteiger charge is 2.27. The molecule has 0 unspecified atom stereocenters. The molecule has 124 valence electrons. The van der Waals surface area contributed by atoms with E-state index in [1.165, 1.54) is 0 Å². The van der Waals surface area contributed by atoms with Crippen molar-refractivity contribution in [3.8, 4) is 11.5 Å². The highest BCUT2D eigenvalue weighted by molar-refractivity contribution is 5.92. The van der Waals surface area contributed by atoms with Crippen LogP contribution in [-0.4, -0.2) is 6.09 Å². The van der Waals surface area contributed by atoms with E-state index in [4.69, 9.17) is 9.47 Å². The average molecular weight is 331 g/mol. The maximum absolute atomic E-state index is 12.4. The van der Waals surface area contributed by atoms with Gasteiger partial charge in [0, 0.05) is 5.56 Å². The summed E-state index contributed by atoms with van der Waals surface area (Å²) in [7, 11) is 0. The number of anilines is 1. The fourth-order valence-corrected chi connectivity index (χ4v) is 2.84. The van der Waals surface area contributed by atoms with Crippen molar-refractivity contribution in [1.29, 1.82) is 0 Å². The summed E-state index contributed by atoms with van der Waals surface area (Å²) in [4.78, 5) is 14.0. The van der Waals surface area contributed by atoms with Gasteiger partial charge in [-0.2, -0.15) is 0 Å². The monoisotopic (exact) mass is 331 g/mol. The van der Waals surface area contributed by atoms with Crippen LogP contribution >= 0.6 is 0 Å². The van der Waals surface area contributed by atoms with Crippen molar-refractivity contribution in [2.24, 2.45) is 0 Å². The van der Waals surface area contributed by atoms with E-state index in [9.17, 15) is 4.79 Å². The van der Waals surface area contributed by atoms with E-state index in [2.05, 4.69) is 0 Å². The molecule has 0 aromatic heterocycles. The third-order valence-electron chi connectivity index (χ3n) is 4.11. The van der Waals surface area contributed by atoms with Gasteiger partial charge in [-0.3, -0.25) is 4.90 Å². The molecule has 1 aliphatic heterocycles. The van der Waals surface area contributed by atoms with Crippen LogP contribution < -0.4 is 14.4 Å². The zero-order valence-electron chi connectivity index (χ0n) is 13.6. The number of carbonyl (C=O) groups is 1. The Bertz CT molecular complexity index is 892. The lowest BCUT2D eigenvalue weighted by Crippen LogP contribution is -2.37. The highest BCUT2D eigenvalue weighted by atomic mass is 16.6. The first kappa shape index (κ1) is 15.3. The molecule has 0 radical (unpaired) electrons. The molecule has 4 nitrogen and oxygen atoms in total. The van der Waals surface area contributed by atoms with Crippen LogP contribution in [0.15, 0.2) is 78.9 Å². The number of hydrogen-bond acceptors (Lipinski definition) is 3. The lowest BCUT2D eigenvalue weighted by molar-refractivity contribution is 0.202. The predicted molar refractivity (Wildman–Crippen MR) is 95.9 cm³/mol. The van der Waals surface area contributed by atoms with Gasteiger partial charge in [0.1, 0.15) is 18.1 Å². The van der Waals surface area contributed by atoms with Crippen LogP contribution in [-0.2, 0) is 13.2 Å². The Morgan fingerprint density at radius 3 is 2.48 bits per heavy atom. The number of hydrogen-bond donors (Lipinski definition) is 0. The number of fused-ring (bicyclic) bond motifs is 1. The first-order chi connectivity index (χ1) is 12.3. The maximum atomic E-state index is 12.4. The van der Waals surface area contributed by atoms with Crippen LogP contribution in [0.1, 0.15) is 11.1 Å². The number of para-hydroxylation sites is 3. The normalized spacial score (nSPS) is 13.1. The molecule has 1 heterocycles. The molecule has 0 aliphatic carbocycles. The first-order valence-corrected chi connectivity index (χ1v) is 8.14. The van der Waals surface area contributed by atoms with Crippen molar-refractivity contribution in [3.63, 3.8) is 0 Å². The number of nitrogens with zero attached hydrogens (tertiary/aromatic N) is 1. The molecule has 0 fully saturated rings. The Morgan fingerprint density at radius 1 is 0.880 bits per heavy atom. The summed E-state index contributed by atoms with van der Waals surface area (Å²) in [5, 5.41) is 0. The summed E-state index contributed by atoms with van der Waals surface area (Å²) >= 11 is 0. The molecule has 25 heavy (non-hydrogen) atoms. The minimum absolute atomic E-state index is 0.394. The van der Waals surface area contributed by atoms with Crippen LogP contribution in [0.4, 0.5) is 10.5 Å². The van der Waals surface area contributed by atoms with Gasteiger partial charge in [0.2, 0.25) is 0 Å². The molecule has 0 saturated heterocycles. The van der Waals surface area contributed by atoms with E-state index >= 15 is 0 Å². The molecule has 0 N–H and O–H groups in total. The highest BCUT2D eigenvalue weighted by Crippen LogP contribution is 2.34. The van der Waals surface area contributed by atoms with E-state index in [-0.39, 0.29) is 0 Å². The van der Waals surface area contributed by atoms with E-state index in [1.54, 1.807) is 4.90 Å². The largest absolute Gasteiger partial charge is 0.487 e. The van der Waals surface area contributed by atoms with E-state index in [0.29, 0.717) is 30.3 Å². The molecule has 4 rings (SSSR count). The number of carbonyl (C=O) groups excluding carboxylic acids is 1. The van der Waals surface area contributed by atoms with Crippen molar-refractivity contribution in [1.82, 2.24) is 0 Å². The molecule has 0 saturated carbocycles. The number of amides is 1. The molecule has 3 aromatic rings. The molecule has 1 aliphatic rings. The fourth-order valence-electron chi connectivity index (χ4n) is 2.84. The summed E-state index contributed by atoms with van der Waals surface area (Å²) in [6, 6.07) is 25.0. The smallest absolute Gasteiger partial charge is 0.420 e. The van der Waals surface area contributed by atoms with Gasteiger partial charge in [-0.25, -0.2) is 4.79 Å². The average Bonchev–Trinajstić information content (AvgIpc) is 2.67. The summed E-state index contributed by atoms with van der Waals surface area (Å²) < 4.78 is 11.4. The van der Waals surface area contributed by atoms with E-state index < -0.39 is 6.09 Å². The Hall–Kier alpha value is -3.27. The van der Waals surface area contributed by atoms with Crippen molar-refractivity contribution in [3.05, 3.63) is 90.0 Å². The van der Waals surface area contributed by atoms with Crippen LogP contribution in [0, 0.1) is 0 Å². The Kier molecular flexibility index (Phi) is 4.09. The first-order valence-electron chi connectivity index (χ1n) is 8.14. The second kappa shape index (κ2) is 6.69. The minimum Gasteiger partial charge on any atom is -0.487 e. The van der Waals surface area contributed by atoms with Gasteiger partial charge in [0.05, 0.1) is 12.2 Å². The predicted octanol–water partition coefficient (Wildman–Crippen LogP) is 4.78. The SMILES string of the molecule is O=C1Oc2ccccc2CN1c1ccccc1OCc1ccccc1. The Morgan fingerprint density at radius 2 is 1.60 bits per heavy atom. The maximum Gasteiger partial charge on any atom is 0.420 e.